The number of hydrogen-bond acceptors (Lipinski definition) is 4. The van der Waals surface area contributed by atoms with Crippen LogP contribution in [0.15, 0.2) is 72.8 Å². The van der Waals surface area contributed by atoms with Gasteiger partial charge in [-0.05, 0) is 68.0 Å². The van der Waals surface area contributed by atoms with Gasteiger partial charge in [-0.25, -0.2) is 4.39 Å². The molecule has 3 N–H and O–H groups in total. The number of benzene rings is 3. The van der Waals surface area contributed by atoms with Gasteiger partial charge in [0.25, 0.3) is 16.1 Å². The number of carbonyl (C=O) groups excluding carboxylic acids is 1. The van der Waals surface area contributed by atoms with E-state index in [0.29, 0.717) is 49.1 Å². The summed E-state index contributed by atoms with van der Waals surface area (Å²) in [5, 5.41) is 3.08. The van der Waals surface area contributed by atoms with E-state index in [4.69, 9.17) is 4.74 Å². The summed E-state index contributed by atoms with van der Waals surface area (Å²) in [6, 6.07) is 21.0. The molecule has 3 aromatic rings. The highest BCUT2D eigenvalue weighted by Crippen LogP contribution is 2.39. The Labute approximate surface area is 217 Å². The van der Waals surface area contributed by atoms with Crippen molar-refractivity contribution in [3.05, 3.63) is 95.3 Å². The zero-order chi connectivity index (χ0) is 26.5. The minimum Gasteiger partial charge on any atom is -0.496 e. The molecule has 1 amide bonds. The lowest BCUT2D eigenvalue weighted by atomic mass is 9.68. The average molecular weight is 526 g/mol. The first-order chi connectivity index (χ1) is 17.7. The van der Waals surface area contributed by atoms with Gasteiger partial charge in [-0.2, -0.15) is 13.1 Å². The highest BCUT2D eigenvalue weighted by atomic mass is 32.2. The smallest absolute Gasteiger partial charge is 0.299 e. The van der Waals surface area contributed by atoms with Crippen molar-refractivity contribution in [1.82, 2.24) is 10.0 Å². The fraction of sp³-hybridized carbons (Fsp3) is 0.321. The second kappa shape index (κ2) is 11.3. The summed E-state index contributed by atoms with van der Waals surface area (Å²) in [5.74, 6) is -0.182. The van der Waals surface area contributed by atoms with Crippen LogP contribution in [-0.2, 0) is 15.6 Å². The van der Waals surface area contributed by atoms with E-state index in [2.05, 4.69) is 14.8 Å². The first kappa shape index (κ1) is 26.6. The van der Waals surface area contributed by atoms with Crippen LogP contribution in [0.4, 0.5) is 10.1 Å². The second-order valence-corrected chi connectivity index (χ2v) is 10.9. The first-order valence-corrected chi connectivity index (χ1v) is 13.7. The number of aryl methyl sites for hydroxylation is 1. The fourth-order valence-corrected chi connectivity index (χ4v) is 6.06. The zero-order valence-corrected chi connectivity index (χ0v) is 21.8. The fourth-order valence-electron chi connectivity index (χ4n) is 4.88. The summed E-state index contributed by atoms with van der Waals surface area (Å²) < 4.78 is 49.7. The molecule has 1 saturated carbocycles. The summed E-state index contributed by atoms with van der Waals surface area (Å²) in [6.45, 7) is 2.03. The molecular weight excluding hydrogens is 493 g/mol. The molecule has 1 aliphatic rings. The third-order valence-electron chi connectivity index (χ3n) is 7.01. The Kier molecular flexibility index (Phi) is 8.14. The quantitative estimate of drug-likeness (QED) is 0.377. The van der Waals surface area contributed by atoms with Crippen molar-refractivity contribution in [2.24, 2.45) is 0 Å². The van der Waals surface area contributed by atoms with Crippen LogP contribution in [0.1, 0.15) is 47.2 Å². The maximum atomic E-state index is 13.8. The van der Waals surface area contributed by atoms with E-state index in [1.54, 1.807) is 25.1 Å². The molecular formula is C28H32FN3O4S. The van der Waals surface area contributed by atoms with E-state index in [-0.39, 0.29) is 23.1 Å². The topological polar surface area (TPSA) is 96.5 Å². The summed E-state index contributed by atoms with van der Waals surface area (Å²) in [7, 11) is -2.35. The minimum atomic E-state index is -3.89. The van der Waals surface area contributed by atoms with E-state index in [0.717, 1.165) is 5.56 Å². The molecule has 4 rings (SSSR count). The van der Waals surface area contributed by atoms with Gasteiger partial charge < -0.3 is 10.1 Å². The first-order valence-electron chi connectivity index (χ1n) is 12.2. The second-order valence-electron chi connectivity index (χ2n) is 9.49. The van der Waals surface area contributed by atoms with Gasteiger partial charge in [0.05, 0.1) is 18.4 Å². The maximum Gasteiger partial charge on any atom is 0.299 e. The van der Waals surface area contributed by atoms with E-state index < -0.39 is 16.0 Å². The number of amides is 1. The highest BCUT2D eigenvalue weighted by molar-refractivity contribution is 7.90. The van der Waals surface area contributed by atoms with Gasteiger partial charge in [0.15, 0.2) is 0 Å². The molecule has 0 atom stereocenters. The van der Waals surface area contributed by atoms with Gasteiger partial charge in [0.2, 0.25) is 0 Å². The molecule has 37 heavy (non-hydrogen) atoms. The molecule has 196 valence electrons. The molecule has 1 fully saturated rings. The third kappa shape index (κ3) is 6.47. The Bertz CT molecular complexity index is 1340. The lowest BCUT2D eigenvalue weighted by Gasteiger charge is -2.41. The lowest BCUT2D eigenvalue weighted by molar-refractivity contribution is 0.0932. The number of rotatable bonds is 9. The molecule has 0 aromatic heterocycles. The highest BCUT2D eigenvalue weighted by Gasteiger charge is 2.38. The van der Waals surface area contributed by atoms with Crippen LogP contribution < -0.4 is 19.5 Å². The minimum absolute atomic E-state index is 0.170. The van der Waals surface area contributed by atoms with Crippen molar-refractivity contribution < 1.29 is 22.3 Å². The lowest BCUT2D eigenvalue weighted by Crippen LogP contribution is -2.48. The summed E-state index contributed by atoms with van der Waals surface area (Å²) in [5.41, 5.74) is 1.84. The van der Waals surface area contributed by atoms with Crippen molar-refractivity contribution in [2.75, 3.05) is 18.4 Å². The van der Waals surface area contributed by atoms with Crippen LogP contribution in [0, 0.1) is 12.7 Å². The molecule has 1 aliphatic carbocycles. The van der Waals surface area contributed by atoms with Crippen LogP contribution in [0.3, 0.4) is 0 Å². The molecule has 7 nitrogen and oxygen atoms in total. The summed E-state index contributed by atoms with van der Waals surface area (Å²) in [6.07, 6.45) is 2.52. The van der Waals surface area contributed by atoms with Gasteiger partial charge in [-0.3, -0.25) is 9.52 Å². The van der Waals surface area contributed by atoms with Crippen LogP contribution in [0.25, 0.3) is 0 Å². The maximum absolute atomic E-state index is 13.8. The standard InChI is InChI=1S/C28H32FN3O4S/c1-20-12-13-23(18-25(20)29)32-37(34,35)31-22-14-16-28(17-15-22,21-8-4-3-5-9-21)19-30-27(33)24-10-6-7-11-26(24)36-2/h3-13,18,22,31-32H,14-17,19H2,1-2H3,(H,30,33). The number of hydrogen-bond donors (Lipinski definition) is 3. The SMILES string of the molecule is COc1ccccc1C(=O)NCC1(c2ccccc2)CCC(NS(=O)(=O)Nc2ccc(C)c(F)c2)CC1. The van der Waals surface area contributed by atoms with Crippen LogP contribution >= 0.6 is 0 Å². The Hall–Kier alpha value is -3.43. The van der Waals surface area contributed by atoms with Crippen LogP contribution in [0.2, 0.25) is 0 Å². The molecule has 3 aromatic carbocycles. The Balaban J connectivity index is 1.44. The Morgan fingerprint density at radius 3 is 2.38 bits per heavy atom. The van der Waals surface area contributed by atoms with Crippen molar-refractivity contribution in [3.63, 3.8) is 0 Å². The number of para-hydroxylation sites is 1. The molecule has 0 bridgehead atoms. The Morgan fingerprint density at radius 2 is 1.70 bits per heavy atom. The molecule has 0 unspecified atom stereocenters. The predicted octanol–water partition coefficient (Wildman–Crippen LogP) is 4.70. The molecule has 0 spiro atoms. The number of anilines is 1. The number of nitrogens with one attached hydrogen (secondary N) is 3. The summed E-state index contributed by atoms with van der Waals surface area (Å²) in [4.78, 5) is 13.0. The van der Waals surface area contributed by atoms with Crippen molar-refractivity contribution >= 4 is 21.8 Å². The molecule has 9 heteroatoms. The van der Waals surface area contributed by atoms with Gasteiger partial charge >= 0.3 is 0 Å². The zero-order valence-electron chi connectivity index (χ0n) is 21.0. The average Bonchev–Trinajstić information content (AvgIpc) is 2.90. The van der Waals surface area contributed by atoms with Crippen LogP contribution in [0.5, 0.6) is 5.75 Å². The van der Waals surface area contributed by atoms with Gasteiger partial charge in [0.1, 0.15) is 11.6 Å². The van der Waals surface area contributed by atoms with Crippen LogP contribution in [-0.4, -0.2) is 34.0 Å². The molecule has 0 aliphatic heterocycles. The van der Waals surface area contributed by atoms with Crippen molar-refractivity contribution in [1.29, 1.82) is 0 Å². The normalized spacial score (nSPS) is 19.7. The number of carbonyl (C=O) groups is 1. The van der Waals surface area contributed by atoms with Gasteiger partial charge in [0, 0.05) is 18.0 Å². The van der Waals surface area contributed by atoms with Gasteiger partial charge in [-0.15, -0.1) is 0 Å². The van der Waals surface area contributed by atoms with E-state index in [9.17, 15) is 17.6 Å². The largest absolute Gasteiger partial charge is 0.496 e. The molecule has 0 saturated heterocycles. The number of halogens is 1. The predicted molar refractivity (Wildman–Crippen MR) is 143 cm³/mol. The number of ether oxygens (including phenoxy) is 1. The third-order valence-corrected chi connectivity index (χ3v) is 8.16. The van der Waals surface area contributed by atoms with E-state index in [1.165, 1.54) is 25.3 Å². The monoisotopic (exact) mass is 525 g/mol. The molecule has 0 radical (unpaired) electrons. The Morgan fingerprint density at radius 1 is 1.03 bits per heavy atom. The summed E-state index contributed by atoms with van der Waals surface area (Å²) >= 11 is 0. The number of methoxy groups -OCH3 is 1. The molecule has 0 heterocycles. The van der Waals surface area contributed by atoms with Crippen molar-refractivity contribution in [2.45, 2.75) is 44.1 Å². The van der Waals surface area contributed by atoms with Gasteiger partial charge in [-0.1, -0.05) is 48.5 Å². The van der Waals surface area contributed by atoms with Crippen molar-refractivity contribution in [3.8, 4) is 5.75 Å². The van der Waals surface area contributed by atoms with E-state index >= 15 is 0 Å². The van der Waals surface area contributed by atoms with E-state index in [1.807, 2.05) is 36.4 Å².